The molecule has 0 heterocycles. The Morgan fingerprint density at radius 3 is 2.00 bits per heavy atom. The molecule has 0 aromatic carbocycles. The molecule has 0 amide bonds. The van der Waals surface area contributed by atoms with E-state index in [0.29, 0.717) is 0 Å². The van der Waals surface area contributed by atoms with Gasteiger partial charge in [-0.05, 0) is 33.2 Å². The van der Waals surface area contributed by atoms with Crippen molar-refractivity contribution >= 4 is 0 Å². The number of rotatable bonds is 6. The Morgan fingerprint density at radius 2 is 1.69 bits per heavy atom. The second kappa shape index (κ2) is 5.61. The highest BCUT2D eigenvalue weighted by Crippen LogP contribution is 2.10. The van der Waals surface area contributed by atoms with Crippen LogP contribution in [0, 0.1) is 5.92 Å². The lowest BCUT2D eigenvalue weighted by atomic mass is 9.98. The molecular weight excluding hydrogens is 162 g/mol. The van der Waals surface area contributed by atoms with Crippen LogP contribution in [0.4, 0.5) is 0 Å². The quantitative estimate of drug-likeness (QED) is 0.668. The average molecular weight is 187 g/mol. The normalized spacial score (nSPS) is 15.0. The molecule has 2 N–H and O–H groups in total. The van der Waals surface area contributed by atoms with Crippen molar-refractivity contribution in [1.82, 2.24) is 5.32 Å². The summed E-state index contributed by atoms with van der Waals surface area (Å²) in [6.45, 7) is 11.2. The van der Waals surface area contributed by atoms with Crippen LogP contribution in [0.15, 0.2) is 0 Å². The van der Waals surface area contributed by atoms with Crippen LogP contribution >= 0.6 is 0 Å². The second-order valence-corrected chi connectivity index (χ2v) is 4.47. The van der Waals surface area contributed by atoms with Crippen molar-refractivity contribution in [3.8, 4) is 0 Å². The highest BCUT2D eigenvalue weighted by Gasteiger charge is 2.21. The lowest BCUT2D eigenvalue weighted by Crippen LogP contribution is -2.46. The summed E-state index contributed by atoms with van der Waals surface area (Å²) in [7, 11) is 0. The van der Waals surface area contributed by atoms with Gasteiger partial charge in [0.2, 0.25) is 0 Å². The van der Waals surface area contributed by atoms with E-state index in [-0.39, 0.29) is 6.04 Å². The van der Waals surface area contributed by atoms with Crippen molar-refractivity contribution < 1.29 is 5.11 Å². The Bertz CT molecular complexity index is 125. The zero-order chi connectivity index (χ0) is 10.5. The van der Waals surface area contributed by atoms with E-state index in [1.165, 1.54) is 12.8 Å². The number of hydrogen-bond donors (Lipinski definition) is 2. The van der Waals surface area contributed by atoms with Gasteiger partial charge < -0.3 is 10.4 Å². The lowest BCUT2D eigenvalue weighted by Gasteiger charge is -2.28. The maximum absolute atomic E-state index is 9.68. The first kappa shape index (κ1) is 12.9. The number of aliphatic hydroxyl groups is 1. The molecule has 13 heavy (non-hydrogen) atoms. The lowest BCUT2D eigenvalue weighted by molar-refractivity contribution is 0.0427. The molecule has 0 bridgehead atoms. The molecule has 0 radical (unpaired) electrons. The molecule has 0 aromatic rings. The second-order valence-electron chi connectivity index (χ2n) is 4.47. The van der Waals surface area contributed by atoms with E-state index >= 15 is 0 Å². The summed E-state index contributed by atoms with van der Waals surface area (Å²) >= 11 is 0. The molecule has 1 atom stereocenters. The molecule has 1 unspecified atom stereocenters. The van der Waals surface area contributed by atoms with Crippen LogP contribution in [0.3, 0.4) is 0 Å². The van der Waals surface area contributed by atoms with Crippen LogP contribution in [0.25, 0.3) is 0 Å². The molecule has 0 rings (SSSR count). The summed E-state index contributed by atoms with van der Waals surface area (Å²) in [5.74, 6) is 0.741. The summed E-state index contributed by atoms with van der Waals surface area (Å²) in [6.07, 6.45) is 2.42. The zero-order valence-electron chi connectivity index (χ0n) is 9.72. The van der Waals surface area contributed by atoms with Crippen LogP contribution < -0.4 is 5.32 Å². The van der Waals surface area contributed by atoms with E-state index in [0.717, 1.165) is 12.5 Å². The third-order valence-corrected chi connectivity index (χ3v) is 2.93. The van der Waals surface area contributed by atoms with Gasteiger partial charge in [0, 0.05) is 6.04 Å². The van der Waals surface area contributed by atoms with Gasteiger partial charge in [-0.1, -0.05) is 26.7 Å². The third-order valence-electron chi connectivity index (χ3n) is 2.93. The Labute approximate surface area is 82.7 Å². The molecule has 2 nitrogen and oxygen atoms in total. The van der Waals surface area contributed by atoms with E-state index in [1.54, 1.807) is 0 Å². The van der Waals surface area contributed by atoms with Crippen molar-refractivity contribution in [2.24, 2.45) is 5.92 Å². The Kier molecular flexibility index (Phi) is 5.57. The summed E-state index contributed by atoms with van der Waals surface area (Å²) in [6, 6.07) is 0.160. The predicted octanol–water partition coefficient (Wildman–Crippen LogP) is 2.17. The topological polar surface area (TPSA) is 32.3 Å². The maximum atomic E-state index is 9.68. The molecule has 0 aliphatic heterocycles. The summed E-state index contributed by atoms with van der Waals surface area (Å²) in [4.78, 5) is 0. The number of hydrogen-bond acceptors (Lipinski definition) is 2. The van der Waals surface area contributed by atoms with Crippen LogP contribution in [0.2, 0.25) is 0 Å². The first-order valence-corrected chi connectivity index (χ1v) is 5.37. The molecule has 0 aliphatic rings. The minimum absolute atomic E-state index is 0.160. The summed E-state index contributed by atoms with van der Waals surface area (Å²) < 4.78 is 0. The van der Waals surface area contributed by atoms with Gasteiger partial charge in [-0.3, -0.25) is 0 Å². The summed E-state index contributed by atoms with van der Waals surface area (Å²) in [5, 5.41) is 13.1. The minimum Gasteiger partial charge on any atom is -0.389 e. The third kappa shape index (κ3) is 5.27. The van der Waals surface area contributed by atoms with E-state index in [9.17, 15) is 5.11 Å². The first-order chi connectivity index (χ1) is 5.91. The van der Waals surface area contributed by atoms with E-state index in [2.05, 4.69) is 19.2 Å². The predicted molar refractivity (Wildman–Crippen MR) is 57.8 cm³/mol. The largest absolute Gasteiger partial charge is 0.389 e. The molecule has 0 aliphatic carbocycles. The fraction of sp³-hybridized carbons (Fsp3) is 1.00. The van der Waals surface area contributed by atoms with E-state index < -0.39 is 5.60 Å². The summed E-state index contributed by atoms with van der Waals surface area (Å²) in [5.41, 5.74) is -0.619. The van der Waals surface area contributed by atoms with Crippen molar-refractivity contribution in [2.75, 3.05) is 6.54 Å². The SMILES string of the molecule is CCC(CC)CNC(C)C(C)(C)O. The first-order valence-electron chi connectivity index (χ1n) is 5.37. The Hall–Kier alpha value is -0.0800. The van der Waals surface area contributed by atoms with Gasteiger partial charge in [0.1, 0.15) is 0 Å². The van der Waals surface area contributed by atoms with Crippen molar-refractivity contribution in [3.05, 3.63) is 0 Å². The van der Waals surface area contributed by atoms with Crippen LogP contribution in [0.5, 0.6) is 0 Å². The smallest absolute Gasteiger partial charge is 0.0741 e. The zero-order valence-corrected chi connectivity index (χ0v) is 9.72. The minimum atomic E-state index is -0.619. The monoisotopic (exact) mass is 187 g/mol. The van der Waals surface area contributed by atoms with Crippen LogP contribution in [-0.2, 0) is 0 Å². The molecule has 0 saturated carbocycles. The van der Waals surface area contributed by atoms with Crippen molar-refractivity contribution in [1.29, 1.82) is 0 Å². The van der Waals surface area contributed by atoms with E-state index in [1.807, 2.05) is 20.8 Å². The van der Waals surface area contributed by atoms with Gasteiger partial charge in [0.15, 0.2) is 0 Å². The van der Waals surface area contributed by atoms with E-state index in [4.69, 9.17) is 0 Å². The van der Waals surface area contributed by atoms with Crippen molar-refractivity contribution in [3.63, 3.8) is 0 Å². The molecule has 0 fully saturated rings. The standard InChI is InChI=1S/C11H25NO/c1-6-10(7-2)8-12-9(3)11(4,5)13/h9-10,12-13H,6-8H2,1-5H3. The van der Waals surface area contributed by atoms with Gasteiger partial charge in [-0.2, -0.15) is 0 Å². The van der Waals surface area contributed by atoms with Gasteiger partial charge in [-0.15, -0.1) is 0 Å². The van der Waals surface area contributed by atoms with Gasteiger partial charge in [0.25, 0.3) is 0 Å². The highest BCUT2D eigenvalue weighted by atomic mass is 16.3. The average Bonchev–Trinajstić information content (AvgIpc) is 2.04. The van der Waals surface area contributed by atoms with Crippen molar-refractivity contribution in [2.45, 2.75) is 59.1 Å². The Morgan fingerprint density at radius 1 is 1.23 bits per heavy atom. The molecular formula is C11H25NO. The molecule has 2 heteroatoms. The molecule has 80 valence electrons. The maximum Gasteiger partial charge on any atom is 0.0741 e. The van der Waals surface area contributed by atoms with Crippen LogP contribution in [0.1, 0.15) is 47.5 Å². The molecule has 0 spiro atoms. The molecule has 0 saturated heterocycles. The number of nitrogens with one attached hydrogen (secondary N) is 1. The fourth-order valence-corrected chi connectivity index (χ4v) is 1.17. The van der Waals surface area contributed by atoms with Gasteiger partial charge >= 0.3 is 0 Å². The van der Waals surface area contributed by atoms with Crippen LogP contribution in [-0.4, -0.2) is 23.3 Å². The molecule has 0 aromatic heterocycles. The fourth-order valence-electron chi connectivity index (χ4n) is 1.17. The van der Waals surface area contributed by atoms with Gasteiger partial charge in [0.05, 0.1) is 5.60 Å². The Balaban J connectivity index is 3.75. The van der Waals surface area contributed by atoms with Gasteiger partial charge in [-0.25, -0.2) is 0 Å². The highest BCUT2D eigenvalue weighted by molar-refractivity contribution is 4.80.